The van der Waals surface area contributed by atoms with Gasteiger partial charge in [-0.1, -0.05) is 0 Å². The van der Waals surface area contributed by atoms with Crippen LogP contribution in [0.1, 0.15) is 30.9 Å². The number of nitrogens with one attached hydrogen (secondary N) is 2. The highest BCUT2D eigenvalue weighted by Crippen LogP contribution is 2.28. The highest BCUT2D eigenvalue weighted by Gasteiger charge is 2.20. The predicted octanol–water partition coefficient (Wildman–Crippen LogP) is 1.22. The van der Waals surface area contributed by atoms with Gasteiger partial charge in [-0.25, -0.2) is 0 Å². The second kappa shape index (κ2) is 9.98. The van der Waals surface area contributed by atoms with Gasteiger partial charge in [-0.3, -0.25) is 4.99 Å². The van der Waals surface area contributed by atoms with Gasteiger partial charge in [0.2, 0.25) is 0 Å². The van der Waals surface area contributed by atoms with E-state index >= 15 is 0 Å². The standard InChI is InChI=1S/C14H26N6O.HI/c1-11-18-19-13(20(11)3)9-17-14(15-2)16-7-4-8-21-10-12-5-6-12;/h12H,4-10H2,1-3H3,(H2,15,16,17);1H. The number of aliphatic imine (C=N–C) groups is 1. The van der Waals surface area contributed by atoms with Crippen LogP contribution < -0.4 is 10.6 Å². The lowest BCUT2D eigenvalue weighted by Gasteiger charge is -2.11. The molecule has 1 aromatic rings. The zero-order chi connectivity index (χ0) is 15.1. The van der Waals surface area contributed by atoms with E-state index < -0.39 is 0 Å². The average Bonchev–Trinajstić information content (AvgIpc) is 3.26. The Kier molecular flexibility index (Phi) is 8.69. The van der Waals surface area contributed by atoms with Gasteiger partial charge in [0.15, 0.2) is 11.8 Å². The molecule has 0 radical (unpaired) electrons. The summed E-state index contributed by atoms with van der Waals surface area (Å²) >= 11 is 0. The Hall–Kier alpha value is -0.900. The van der Waals surface area contributed by atoms with E-state index in [1.165, 1.54) is 12.8 Å². The summed E-state index contributed by atoms with van der Waals surface area (Å²) in [5.41, 5.74) is 0. The molecule has 8 heteroatoms. The first kappa shape index (κ1) is 19.1. The number of nitrogens with zero attached hydrogens (tertiary/aromatic N) is 4. The normalized spacial score (nSPS) is 14.6. The molecule has 0 aromatic carbocycles. The van der Waals surface area contributed by atoms with E-state index in [1.807, 2.05) is 18.5 Å². The minimum Gasteiger partial charge on any atom is -0.381 e. The molecule has 126 valence electrons. The van der Waals surface area contributed by atoms with Crippen molar-refractivity contribution >= 4 is 29.9 Å². The van der Waals surface area contributed by atoms with Crippen LogP contribution in [0.15, 0.2) is 4.99 Å². The molecule has 2 N–H and O–H groups in total. The average molecular weight is 422 g/mol. The molecule has 1 heterocycles. The maximum atomic E-state index is 5.60. The lowest BCUT2D eigenvalue weighted by Crippen LogP contribution is -2.38. The number of aryl methyl sites for hydroxylation is 1. The summed E-state index contributed by atoms with van der Waals surface area (Å²) < 4.78 is 7.56. The van der Waals surface area contributed by atoms with Gasteiger partial charge in [-0.15, -0.1) is 34.2 Å². The summed E-state index contributed by atoms with van der Waals surface area (Å²) in [5.74, 6) is 3.41. The SMILES string of the molecule is CN=C(NCCCOCC1CC1)NCc1nnc(C)n1C.I. The van der Waals surface area contributed by atoms with Crippen LogP contribution in [-0.4, -0.2) is 47.5 Å². The van der Waals surface area contributed by atoms with Crippen molar-refractivity contribution in [1.82, 2.24) is 25.4 Å². The molecule has 1 aliphatic carbocycles. The highest BCUT2D eigenvalue weighted by molar-refractivity contribution is 14.0. The molecule has 1 aliphatic rings. The summed E-state index contributed by atoms with van der Waals surface area (Å²) in [6, 6.07) is 0. The molecule has 1 aromatic heterocycles. The Bertz CT molecular complexity index is 472. The molecule has 0 bridgehead atoms. The third-order valence-corrected chi connectivity index (χ3v) is 3.63. The molecule has 0 saturated heterocycles. The minimum atomic E-state index is 0. The van der Waals surface area contributed by atoms with Gasteiger partial charge in [-0.05, 0) is 32.1 Å². The molecule has 0 atom stereocenters. The third kappa shape index (κ3) is 6.47. The summed E-state index contributed by atoms with van der Waals surface area (Å²) in [6.45, 7) is 5.13. The Morgan fingerprint density at radius 1 is 1.36 bits per heavy atom. The lowest BCUT2D eigenvalue weighted by atomic mass is 10.4. The predicted molar refractivity (Wildman–Crippen MR) is 97.5 cm³/mol. The quantitative estimate of drug-likeness (QED) is 0.285. The van der Waals surface area contributed by atoms with Crippen LogP contribution in [0.25, 0.3) is 0 Å². The van der Waals surface area contributed by atoms with E-state index in [9.17, 15) is 0 Å². The molecule has 7 nitrogen and oxygen atoms in total. The second-order valence-corrected chi connectivity index (χ2v) is 5.45. The maximum absolute atomic E-state index is 5.60. The minimum absolute atomic E-state index is 0. The zero-order valence-corrected chi connectivity index (χ0v) is 16.0. The van der Waals surface area contributed by atoms with Gasteiger partial charge >= 0.3 is 0 Å². The van der Waals surface area contributed by atoms with E-state index in [0.717, 1.165) is 49.7 Å². The van der Waals surface area contributed by atoms with Gasteiger partial charge in [0.25, 0.3) is 0 Å². The first-order valence-electron chi connectivity index (χ1n) is 7.58. The summed E-state index contributed by atoms with van der Waals surface area (Å²) in [7, 11) is 3.72. The first-order chi connectivity index (χ1) is 10.2. The van der Waals surface area contributed by atoms with Gasteiger partial charge in [0.05, 0.1) is 6.54 Å². The number of aromatic nitrogens is 3. The second-order valence-electron chi connectivity index (χ2n) is 5.45. The van der Waals surface area contributed by atoms with Gasteiger partial charge in [0, 0.05) is 33.9 Å². The fourth-order valence-electron chi connectivity index (χ4n) is 1.90. The van der Waals surface area contributed by atoms with Crippen molar-refractivity contribution in [2.24, 2.45) is 18.0 Å². The van der Waals surface area contributed by atoms with Crippen LogP contribution in [0.3, 0.4) is 0 Å². The Morgan fingerprint density at radius 2 is 2.14 bits per heavy atom. The fraction of sp³-hybridized carbons (Fsp3) is 0.786. The van der Waals surface area contributed by atoms with Crippen molar-refractivity contribution in [2.75, 3.05) is 26.8 Å². The Morgan fingerprint density at radius 3 is 2.73 bits per heavy atom. The lowest BCUT2D eigenvalue weighted by molar-refractivity contribution is 0.123. The smallest absolute Gasteiger partial charge is 0.191 e. The van der Waals surface area contributed by atoms with Crippen molar-refractivity contribution in [3.05, 3.63) is 11.6 Å². The largest absolute Gasteiger partial charge is 0.381 e. The van der Waals surface area contributed by atoms with Crippen LogP contribution in [0.2, 0.25) is 0 Å². The van der Waals surface area contributed by atoms with Crippen molar-refractivity contribution in [1.29, 1.82) is 0 Å². The molecule has 0 unspecified atom stereocenters. The molecule has 1 saturated carbocycles. The van der Waals surface area contributed by atoms with E-state index in [0.29, 0.717) is 6.54 Å². The van der Waals surface area contributed by atoms with Gasteiger partial charge in [0.1, 0.15) is 5.82 Å². The molecular formula is C14H27IN6O. The summed E-state index contributed by atoms with van der Waals surface area (Å²) in [6.07, 6.45) is 3.67. The Labute approximate surface area is 149 Å². The number of ether oxygens (including phenoxy) is 1. The van der Waals surface area contributed by atoms with E-state index in [4.69, 9.17) is 4.74 Å². The zero-order valence-electron chi connectivity index (χ0n) is 13.6. The van der Waals surface area contributed by atoms with Crippen molar-refractivity contribution in [2.45, 2.75) is 32.7 Å². The molecule has 0 spiro atoms. The van der Waals surface area contributed by atoms with Crippen LogP contribution in [0.5, 0.6) is 0 Å². The first-order valence-corrected chi connectivity index (χ1v) is 7.58. The number of guanidine groups is 1. The van der Waals surface area contributed by atoms with Crippen molar-refractivity contribution < 1.29 is 4.74 Å². The van der Waals surface area contributed by atoms with Crippen molar-refractivity contribution in [3.63, 3.8) is 0 Å². The Balaban J connectivity index is 0.00000242. The highest BCUT2D eigenvalue weighted by atomic mass is 127. The monoisotopic (exact) mass is 422 g/mol. The summed E-state index contributed by atoms with van der Waals surface area (Å²) in [4.78, 5) is 4.19. The molecule has 22 heavy (non-hydrogen) atoms. The van der Waals surface area contributed by atoms with Crippen LogP contribution in [0.4, 0.5) is 0 Å². The molecule has 1 fully saturated rings. The topological polar surface area (TPSA) is 76.4 Å². The fourth-order valence-corrected chi connectivity index (χ4v) is 1.90. The van der Waals surface area contributed by atoms with Crippen LogP contribution in [0, 0.1) is 12.8 Å². The molecule has 0 aliphatic heterocycles. The van der Waals surface area contributed by atoms with E-state index in [-0.39, 0.29) is 24.0 Å². The number of halogens is 1. The molecule has 0 amide bonds. The van der Waals surface area contributed by atoms with Gasteiger partial charge < -0.3 is 19.9 Å². The number of rotatable bonds is 8. The van der Waals surface area contributed by atoms with Crippen molar-refractivity contribution in [3.8, 4) is 0 Å². The number of hydrogen-bond donors (Lipinski definition) is 2. The maximum Gasteiger partial charge on any atom is 0.191 e. The molecule has 2 rings (SSSR count). The van der Waals surface area contributed by atoms with Gasteiger partial charge in [-0.2, -0.15) is 0 Å². The van der Waals surface area contributed by atoms with Crippen LogP contribution >= 0.6 is 24.0 Å². The van der Waals surface area contributed by atoms with E-state index in [2.05, 4.69) is 25.8 Å². The summed E-state index contributed by atoms with van der Waals surface area (Å²) in [5, 5.41) is 14.6. The third-order valence-electron chi connectivity index (χ3n) is 3.63. The van der Waals surface area contributed by atoms with Crippen LogP contribution in [-0.2, 0) is 18.3 Å². The van der Waals surface area contributed by atoms with E-state index in [1.54, 1.807) is 7.05 Å². The molecular weight excluding hydrogens is 395 g/mol. The number of hydrogen-bond acceptors (Lipinski definition) is 4.